The first-order valence-corrected chi connectivity index (χ1v) is 16.1. The number of piperidine rings is 1. The van der Waals surface area contributed by atoms with Gasteiger partial charge in [-0.05, 0) is 84.0 Å². The summed E-state index contributed by atoms with van der Waals surface area (Å²) in [5.74, 6) is 1.43. The summed E-state index contributed by atoms with van der Waals surface area (Å²) >= 11 is 1.40. The average Bonchev–Trinajstić information content (AvgIpc) is 3.55. The van der Waals surface area contributed by atoms with E-state index in [-0.39, 0.29) is 18.1 Å². The zero-order valence-corrected chi connectivity index (χ0v) is 25.5. The molecule has 1 amide bonds. The van der Waals surface area contributed by atoms with E-state index in [0.29, 0.717) is 35.0 Å². The Morgan fingerprint density at radius 2 is 1.91 bits per heavy atom. The monoisotopic (exact) mass is 602 g/mol. The number of amides is 1. The van der Waals surface area contributed by atoms with Crippen molar-refractivity contribution in [2.75, 3.05) is 36.8 Å². The lowest BCUT2D eigenvalue weighted by Crippen LogP contribution is -2.48. The summed E-state index contributed by atoms with van der Waals surface area (Å²) in [7, 11) is 0. The number of nitrogen functional groups attached to an aromatic ring is 1. The summed E-state index contributed by atoms with van der Waals surface area (Å²) in [5.41, 5.74) is 9.62. The van der Waals surface area contributed by atoms with Gasteiger partial charge in [-0.3, -0.25) is 4.79 Å². The van der Waals surface area contributed by atoms with Crippen LogP contribution in [0.3, 0.4) is 0 Å². The number of ether oxygens (including phenoxy) is 1. The van der Waals surface area contributed by atoms with Crippen LogP contribution in [0.2, 0.25) is 0 Å². The van der Waals surface area contributed by atoms with E-state index < -0.39 is 0 Å². The average molecular weight is 603 g/mol. The number of likely N-dealkylation sites (tertiary alicyclic amines) is 1. The molecule has 1 atom stereocenters. The zero-order chi connectivity index (χ0) is 29.5. The molecule has 3 aliphatic rings. The molecular formula is C30H38N10O2S. The predicted molar refractivity (Wildman–Crippen MR) is 166 cm³/mol. The van der Waals surface area contributed by atoms with Gasteiger partial charge in [0.25, 0.3) is 5.91 Å². The van der Waals surface area contributed by atoms with Crippen LogP contribution in [-0.4, -0.2) is 84.7 Å². The van der Waals surface area contributed by atoms with Crippen LogP contribution in [0.15, 0.2) is 24.7 Å². The minimum atomic E-state index is -0.122. The molecule has 0 unspecified atom stereocenters. The lowest BCUT2D eigenvalue weighted by molar-refractivity contribution is 0.0518. The van der Waals surface area contributed by atoms with Crippen LogP contribution in [0, 0.1) is 13.8 Å². The number of carbonyl (C=O) groups excluding carboxylic acids is 1. The number of aromatic nitrogens is 6. The fourth-order valence-corrected chi connectivity index (χ4v) is 7.42. The highest BCUT2D eigenvalue weighted by atomic mass is 32.1. The minimum Gasteiger partial charge on any atom is -0.473 e. The molecule has 13 heteroatoms. The largest absolute Gasteiger partial charge is 0.473 e. The van der Waals surface area contributed by atoms with Crippen LogP contribution >= 0.6 is 11.3 Å². The van der Waals surface area contributed by atoms with Gasteiger partial charge >= 0.3 is 0 Å². The molecule has 226 valence electrons. The van der Waals surface area contributed by atoms with Crippen molar-refractivity contribution in [2.45, 2.75) is 77.0 Å². The van der Waals surface area contributed by atoms with Crippen LogP contribution < -0.4 is 20.7 Å². The zero-order valence-electron chi connectivity index (χ0n) is 24.7. The van der Waals surface area contributed by atoms with Gasteiger partial charge < -0.3 is 25.6 Å². The molecule has 12 nitrogen and oxygen atoms in total. The Morgan fingerprint density at radius 3 is 2.67 bits per heavy atom. The van der Waals surface area contributed by atoms with Gasteiger partial charge in [-0.25, -0.2) is 24.5 Å². The fourth-order valence-electron chi connectivity index (χ4n) is 6.66. The molecule has 2 aliphatic heterocycles. The maximum atomic E-state index is 13.6. The number of hydrogen-bond donors (Lipinski definition) is 2. The van der Waals surface area contributed by atoms with E-state index in [9.17, 15) is 4.79 Å². The van der Waals surface area contributed by atoms with Gasteiger partial charge in [-0.1, -0.05) is 0 Å². The van der Waals surface area contributed by atoms with E-state index in [1.54, 1.807) is 10.7 Å². The molecule has 0 spiro atoms. The van der Waals surface area contributed by atoms with Crippen LogP contribution in [0.1, 0.15) is 65.4 Å². The van der Waals surface area contributed by atoms with Crippen molar-refractivity contribution in [3.05, 3.63) is 40.4 Å². The Kier molecular flexibility index (Phi) is 7.60. The Labute approximate surface area is 254 Å². The fraction of sp³-hybridized carbons (Fsp3) is 0.533. The molecule has 0 radical (unpaired) electrons. The Hall–Kier alpha value is -3.84. The van der Waals surface area contributed by atoms with Crippen molar-refractivity contribution >= 4 is 34.3 Å². The molecule has 43 heavy (non-hydrogen) atoms. The lowest BCUT2D eigenvalue weighted by atomic mass is 9.90. The molecular weight excluding hydrogens is 564 g/mol. The van der Waals surface area contributed by atoms with Crippen LogP contribution in [0.5, 0.6) is 5.88 Å². The summed E-state index contributed by atoms with van der Waals surface area (Å²) in [6, 6.07) is 4.56. The molecule has 0 aromatic carbocycles. The minimum absolute atomic E-state index is 0.0472. The number of nitrogens with zero attached hydrogens (tertiary/aromatic N) is 8. The maximum absolute atomic E-state index is 13.6. The third-order valence-corrected chi connectivity index (χ3v) is 9.89. The standard InChI is InChI=1S/C30H38N10O2S/c1-18-32-11-10-23(35-18)24-15-25(26-28(31)33-17-34-40(24)26)39-12-3-5-20(16-39)37-29(41)27-30(36-19(2)43-27)42-22-8-6-21(7-9-22)38-13-4-14-38/h10-11,15,17,20-22H,3-9,12-14,16H2,1-2H3,(H,37,41)(H2,31,33,34)/t20-,21?,22?/m1/s1. The topological polar surface area (TPSA) is 140 Å². The van der Waals surface area contributed by atoms with Gasteiger partial charge in [0, 0.05) is 31.4 Å². The Bertz CT molecular complexity index is 1620. The van der Waals surface area contributed by atoms with E-state index in [4.69, 9.17) is 10.5 Å². The van der Waals surface area contributed by atoms with Crippen molar-refractivity contribution in [1.29, 1.82) is 0 Å². The third kappa shape index (κ3) is 5.63. The molecule has 4 aromatic heterocycles. The quantitative estimate of drug-likeness (QED) is 0.322. The lowest BCUT2D eigenvalue weighted by Gasteiger charge is -2.41. The molecule has 7 rings (SSSR count). The highest BCUT2D eigenvalue weighted by Gasteiger charge is 2.32. The number of thiazole rings is 1. The molecule has 1 aliphatic carbocycles. The molecule has 2 saturated heterocycles. The highest BCUT2D eigenvalue weighted by Crippen LogP contribution is 2.35. The van der Waals surface area contributed by atoms with E-state index in [1.165, 1.54) is 37.2 Å². The maximum Gasteiger partial charge on any atom is 0.267 e. The number of anilines is 2. The number of rotatable bonds is 7. The first kappa shape index (κ1) is 28.0. The predicted octanol–water partition coefficient (Wildman–Crippen LogP) is 3.64. The van der Waals surface area contributed by atoms with E-state index in [0.717, 1.165) is 72.7 Å². The van der Waals surface area contributed by atoms with Crippen molar-refractivity contribution in [2.24, 2.45) is 0 Å². The molecule has 0 bridgehead atoms. The van der Waals surface area contributed by atoms with Gasteiger partial charge in [0.1, 0.15) is 23.8 Å². The SMILES string of the molecule is Cc1nccc(-c2cc(N3CCC[C@@H](NC(=O)c4sc(C)nc4OC4CCC(N5CCC5)CC4)C3)c3c(N)ncnn23)n1. The summed E-state index contributed by atoms with van der Waals surface area (Å²) in [6.45, 7) is 7.72. The van der Waals surface area contributed by atoms with Crippen molar-refractivity contribution < 1.29 is 9.53 Å². The number of nitrogens with one attached hydrogen (secondary N) is 1. The summed E-state index contributed by atoms with van der Waals surface area (Å²) in [6.07, 6.45) is 10.7. The van der Waals surface area contributed by atoms with Crippen molar-refractivity contribution in [1.82, 2.24) is 39.8 Å². The molecule has 4 aromatic rings. The molecule has 3 N–H and O–H groups in total. The van der Waals surface area contributed by atoms with Crippen molar-refractivity contribution in [3.8, 4) is 17.3 Å². The smallest absolute Gasteiger partial charge is 0.267 e. The number of aryl methyl sites for hydroxylation is 2. The first-order valence-electron chi connectivity index (χ1n) is 15.3. The van der Waals surface area contributed by atoms with Gasteiger partial charge in [0.2, 0.25) is 5.88 Å². The van der Waals surface area contributed by atoms with Gasteiger partial charge in [-0.2, -0.15) is 5.10 Å². The third-order valence-electron chi connectivity index (χ3n) is 8.94. The summed E-state index contributed by atoms with van der Waals surface area (Å²) in [5, 5.41) is 8.62. The van der Waals surface area contributed by atoms with Gasteiger partial charge in [0.05, 0.1) is 22.1 Å². The van der Waals surface area contributed by atoms with E-state index in [2.05, 4.69) is 46.2 Å². The molecule has 1 saturated carbocycles. The van der Waals surface area contributed by atoms with E-state index in [1.807, 2.05) is 19.9 Å². The first-order chi connectivity index (χ1) is 20.9. The second-order valence-electron chi connectivity index (χ2n) is 11.9. The van der Waals surface area contributed by atoms with Gasteiger partial charge in [0.15, 0.2) is 10.7 Å². The Balaban J connectivity index is 1.06. The number of fused-ring (bicyclic) bond motifs is 1. The van der Waals surface area contributed by atoms with Crippen LogP contribution in [-0.2, 0) is 0 Å². The summed E-state index contributed by atoms with van der Waals surface area (Å²) in [4.78, 5) is 36.7. The van der Waals surface area contributed by atoms with Gasteiger partial charge in [-0.15, -0.1) is 11.3 Å². The molecule has 3 fully saturated rings. The normalized spacial score (nSPS) is 22.8. The number of nitrogens with two attached hydrogens (primary N) is 1. The molecule has 6 heterocycles. The number of carbonyl (C=O) groups is 1. The summed E-state index contributed by atoms with van der Waals surface area (Å²) < 4.78 is 8.16. The van der Waals surface area contributed by atoms with Crippen LogP contribution in [0.4, 0.5) is 11.5 Å². The van der Waals surface area contributed by atoms with Crippen LogP contribution in [0.25, 0.3) is 16.9 Å². The highest BCUT2D eigenvalue weighted by molar-refractivity contribution is 7.13. The second-order valence-corrected chi connectivity index (χ2v) is 13.1. The van der Waals surface area contributed by atoms with E-state index >= 15 is 0 Å². The number of hydrogen-bond acceptors (Lipinski definition) is 11. The Morgan fingerprint density at radius 1 is 1.07 bits per heavy atom. The van der Waals surface area contributed by atoms with Crippen molar-refractivity contribution in [3.63, 3.8) is 0 Å². The second kappa shape index (κ2) is 11.7.